The first kappa shape index (κ1) is 11.5. The molecule has 1 saturated heterocycles. The third kappa shape index (κ3) is 1.71. The van der Waals surface area contributed by atoms with Gasteiger partial charge in [-0.3, -0.25) is 4.79 Å². The van der Waals surface area contributed by atoms with Gasteiger partial charge in [0.05, 0.1) is 6.04 Å². The van der Waals surface area contributed by atoms with Gasteiger partial charge in [0.2, 0.25) is 5.91 Å². The number of carbonyl (C=O) groups is 1. The fourth-order valence-electron chi connectivity index (χ4n) is 2.14. The summed E-state index contributed by atoms with van der Waals surface area (Å²) in [6, 6.07) is 8.46. The molecule has 0 aliphatic carbocycles. The number of likely N-dealkylation sites (tertiary alicyclic amines) is 1. The minimum atomic E-state index is -0.398. The van der Waals surface area contributed by atoms with Crippen LogP contribution in [0.25, 0.3) is 0 Å². The number of carbonyl (C=O) groups excluding carboxylic acids is 1. The number of β-lactam (4-membered cyclic amide) rings is 1. The van der Waals surface area contributed by atoms with Crippen molar-refractivity contribution in [3.05, 3.63) is 35.4 Å². The quantitative estimate of drug-likeness (QED) is 0.572. The van der Waals surface area contributed by atoms with E-state index in [9.17, 15) is 4.79 Å². The smallest absolute Gasteiger partial charge is 0.243 e. The zero-order valence-corrected chi connectivity index (χ0v) is 10.5. The van der Waals surface area contributed by atoms with E-state index in [0.29, 0.717) is 0 Å². The average molecular weight is 238 g/mol. The molecule has 2 atom stereocenters. The predicted molar refractivity (Wildman–Crippen MR) is 65.5 cm³/mol. The van der Waals surface area contributed by atoms with E-state index < -0.39 is 5.38 Å². The van der Waals surface area contributed by atoms with Crippen LogP contribution in [0, 0.1) is 6.92 Å². The minimum Gasteiger partial charge on any atom is -0.330 e. The molecule has 2 rings (SSSR count). The molecule has 1 aliphatic heterocycles. The summed E-state index contributed by atoms with van der Waals surface area (Å²) in [4.78, 5) is 13.5. The lowest BCUT2D eigenvalue weighted by Gasteiger charge is -2.47. The number of aryl methyl sites for hydroxylation is 1. The van der Waals surface area contributed by atoms with E-state index in [2.05, 4.69) is 24.3 Å². The second kappa shape index (κ2) is 4.10. The Morgan fingerprint density at radius 3 is 2.31 bits per heavy atom. The molecular weight excluding hydrogens is 222 g/mol. The van der Waals surface area contributed by atoms with E-state index in [4.69, 9.17) is 11.6 Å². The van der Waals surface area contributed by atoms with Gasteiger partial charge in [-0.05, 0) is 26.3 Å². The molecule has 0 radical (unpaired) electrons. The van der Waals surface area contributed by atoms with Crippen molar-refractivity contribution >= 4 is 17.5 Å². The zero-order chi connectivity index (χ0) is 11.9. The number of amides is 1. The molecule has 3 heteroatoms. The number of nitrogens with zero attached hydrogens (tertiary/aromatic N) is 1. The van der Waals surface area contributed by atoms with Crippen molar-refractivity contribution in [2.75, 3.05) is 0 Å². The maximum Gasteiger partial charge on any atom is 0.243 e. The summed E-state index contributed by atoms with van der Waals surface area (Å²) in [5, 5.41) is -0.398. The van der Waals surface area contributed by atoms with Crippen molar-refractivity contribution < 1.29 is 4.79 Å². The monoisotopic (exact) mass is 237 g/mol. The van der Waals surface area contributed by atoms with Gasteiger partial charge in [0, 0.05) is 6.04 Å². The van der Waals surface area contributed by atoms with Crippen molar-refractivity contribution in [1.29, 1.82) is 0 Å². The summed E-state index contributed by atoms with van der Waals surface area (Å²) in [6.45, 7) is 6.08. The van der Waals surface area contributed by atoms with Crippen molar-refractivity contribution in [2.45, 2.75) is 38.2 Å². The van der Waals surface area contributed by atoms with Crippen molar-refractivity contribution in [1.82, 2.24) is 4.90 Å². The molecule has 16 heavy (non-hydrogen) atoms. The Balaban J connectivity index is 2.26. The summed E-state index contributed by atoms with van der Waals surface area (Å²) in [5.41, 5.74) is 2.34. The number of hydrogen-bond acceptors (Lipinski definition) is 1. The fraction of sp³-hybridized carbons (Fsp3) is 0.462. The predicted octanol–water partition coefficient (Wildman–Crippen LogP) is 2.89. The van der Waals surface area contributed by atoms with Crippen molar-refractivity contribution in [3.8, 4) is 0 Å². The number of alkyl halides is 1. The molecule has 0 spiro atoms. The van der Waals surface area contributed by atoms with Gasteiger partial charge in [0.25, 0.3) is 0 Å². The van der Waals surface area contributed by atoms with Gasteiger partial charge in [-0.25, -0.2) is 0 Å². The number of rotatable bonds is 2. The van der Waals surface area contributed by atoms with Crippen LogP contribution in [0.2, 0.25) is 0 Å². The summed E-state index contributed by atoms with van der Waals surface area (Å²) in [5.74, 6) is 0.0437. The normalized spacial score (nSPS) is 24.8. The zero-order valence-electron chi connectivity index (χ0n) is 9.77. The Hall–Kier alpha value is -1.02. The SMILES string of the molecule is Cc1ccc([C@@H]2[C@@H](Cl)C(=O)N2C(C)C)cc1. The summed E-state index contributed by atoms with van der Waals surface area (Å²) < 4.78 is 0. The molecule has 0 bridgehead atoms. The van der Waals surface area contributed by atoms with E-state index in [0.717, 1.165) is 5.56 Å². The Kier molecular flexibility index (Phi) is 2.94. The van der Waals surface area contributed by atoms with Crippen LogP contribution in [-0.4, -0.2) is 22.2 Å². The molecule has 86 valence electrons. The van der Waals surface area contributed by atoms with E-state index in [1.807, 2.05) is 25.7 Å². The van der Waals surface area contributed by atoms with E-state index in [1.165, 1.54) is 5.56 Å². The van der Waals surface area contributed by atoms with Crippen LogP contribution in [0.15, 0.2) is 24.3 Å². The molecule has 0 unspecified atom stereocenters. The molecule has 1 aliphatic rings. The Labute approximate surface area is 101 Å². The second-order valence-electron chi connectivity index (χ2n) is 4.60. The van der Waals surface area contributed by atoms with Crippen LogP contribution < -0.4 is 0 Å². The molecule has 2 nitrogen and oxygen atoms in total. The molecule has 0 saturated carbocycles. The number of halogens is 1. The highest BCUT2D eigenvalue weighted by atomic mass is 35.5. The molecular formula is C13H16ClNO. The first-order chi connectivity index (χ1) is 7.52. The molecule has 1 aromatic carbocycles. The van der Waals surface area contributed by atoms with Crippen LogP contribution in [0.3, 0.4) is 0 Å². The summed E-state index contributed by atoms with van der Waals surface area (Å²) in [7, 11) is 0. The minimum absolute atomic E-state index is 0.0368. The third-order valence-corrected chi connectivity index (χ3v) is 3.47. The topological polar surface area (TPSA) is 20.3 Å². The third-order valence-electron chi connectivity index (χ3n) is 3.04. The number of hydrogen-bond donors (Lipinski definition) is 0. The van der Waals surface area contributed by atoms with Gasteiger partial charge in [0.15, 0.2) is 0 Å². The van der Waals surface area contributed by atoms with Crippen molar-refractivity contribution in [2.24, 2.45) is 0 Å². The van der Waals surface area contributed by atoms with E-state index in [-0.39, 0.29) is 18.0 Å². The first-order valence-electron chi connectivity index (χ1n) is 5.55. The van der Waals surface area contributed by atoms with Crippen LogP contribution in [0.5, 0.6) is 0 Å². The van der Waals surface area contributed by atoms with Gasteiger partial charge < -0.3 is 4.90 Å². The highest BCUT2D eigenvalue weighted by Gasteiger charge is 2.47. The Morgan fingerprint density at radius 1 is 1.25 bits per heavy atom. The van der Waals surface area contributed by atoms with Crippen LogP contribution >= 0.6 is 11.6 Å². The molecule has 1 amide bonds. The molecule has 1 aromatic rings. The van der Waals surface area contributed by atoms with Gasteiger partial charge in [-0.2, -0.15) is 0 Å². The van der Waals surface area contributed by atoms with Gasteiger partial charge >= 0.3 is 0 Å². The van der Waals surface area contributed by atoms with Crippen LogP contribution in [-0.2, 0) is 4.79 Å². The standard InChI is InChI=1S/C13H16ClNO/c1-8(2)15-12(11(14)13(15)16)10-6-4-9(3)5-7-10/h4-8,11-12H,1-3H3/t11-,12-/m1/s1. The van der Waals surface area contributed by atoms with Crippen molar-refractivity contribution in [3.63, 3.8) is 0 Å². The maximum atomic E-state index is 11.6. The van der Waals surface area contributed by atoms with E-state index in [1.54, 1.807) is 0 Å². The largest absolute Gasteiger partial charge is 0.330 e. The lowest BCUT2D eigenvalue weighted by atomic mass is 9.91. The van der Waals surface area contributed by atoms with Gasteiger partial charge in [-0.1, -0.05) is 29.8 Å². The molecule has 1 heterocycles. The summed E-state index contributed by atoms with van der Waals surface area (Å²) in [6.07, 6.45) is 0. The fourth-order valence-corrected chi connectivity index (χ4v) is 2.52. The average Bonchev–Trinajstić information content (AvgIpc) is 2.25. The lowest BCUT2D eigenvalue weighted by molar-refractivity contribution is -0.148. The molecule has 0 aromatic heterocycles. The first-order valence-corrected chi connectivity index (χ1v) is 5.99. The lowest BCUT2D eigenvalue weighted by Crippen LogP contribution is -2.58. The number of benzene rings is 1. The second-order valence-corrected chi connectivity index (χ2v) is 5.07. The Bertz CT molecular complexity index is 399. The van der Waals surface area contributed by atoms with Gasteiger partial charge in [0.1, 0.15) is 5.38 Å². The highest BCUT2D eigenvalue weighted by molar-refractivity contribution is 6.33. The maximum absolute atomic E-state index is 11.6. The van der Waals surface area contributed by atoms with Crippen LogP contribution in [0.4, 0.5) is 0 Å². The molecule has 0 N–H and O–H groups in total. The summed E-state index contributed by atoms with van der Waals surface area (Å²) >= 11 is 6.09. The Morgan fingerprint density at radius 2 is 1.81 bits per heavy atom. The van der Waals surface area contributed by atoms with Gasteiger partial charge in [-0.15, -0.1) is 11.6 Å². The highest BCUT2D eigenvalue weighted by Crippen LogP contribution is 2.39. The van der Waals surface area contributed by atoms with E-state index >= 15 is 0 Å². The molecule has 1 fully saturated rings. The van der Waals surface area contributed by atoms with Crippen LogP contribution in [0.1, 0.15) is 31.0 Å².